The van der Waals surface area contributed by atoms with Crippen LogP contribution in [0.15, 0.2) is 12.7 Å². The zero-order chi connectivity index (χ0) is 9.40. The van der Waals surface area contributed by atoms with Crippen molar-refractivity contribution in [2.75, 3.05) is 18.5 Å². The number of allylic oxidation sites excluding steroid dienone is 1. The van der Waals surface area contributed by atoms with Crippen LogP contribution in [0, 0.1) is 11.8 Å². The van der Waals surface area contributed by atoms with Crippen LogP contribution in [0.25, 0.3) is 0 Å². The Bertz CT molecular complexity index is 112. The molecule has 0 aromatic heterocycles. The molecule has 0 N–H and O–H groups in total. The van der Waals surface area contributed by atoms with Gasteiger partial charge in [0.1, 0.15) is 0 Å². The Morgan fingerprint density at radius 3 is 2.50 bits per heavy atom. The zero-order valence-electron chi connectivity index (χ0n) is 8.05. The third kappa shape index (κ3) is 6.86. The fourth-order valence-electron chi connectivity index (χ4n) is 0.882. The quantitative estimate of drug-likeness (QED) is 0.486. The minimum atomic E-state index is 0.584. The first-order valence-corrected chi connectivity index (χ1v) is 5.57. The molecular weight excluding hydrogens is 216 g/mol. The Morgan fingerprint density at radius 2 is 2.08 bits per heavy atom. The van der Waals surface area contributed by atoms with E-state index in [1.54, 1.807) is 0 Å². The Hall–Kier alpha value is 0.180. The first kappa shape index (κ1) is 12.2. The summed E-state index contributed by atoms with van der Waals surface area (Å²) < 4.78 is 5.52. The lowest BCUT2D eigenvalue weighted by Gasteiger charge is -2.13. The van der Waals surface area contributed by atoms with Crippen LogP contribution in [0.5, 0.6) is 0 Å². The fourth-order valence-corrected chi connectivity index (χ4v) is 1.33. The van der Waals surface area contributed by atoms with Crippen molar-refractivity contribution in [3.05, 3.63) is 12.7 Å². The summed E-state index contributed by atoms with van der Waals surface area (Å²) in [4.78, 5) is 0. The van der Waals surface area contributed by atoms with Crippen molar-refractivity contribution in [1.29, 1.82) is 0 Å². The van der Waals surface area contributed by atoms with Crippen LogP contribution in [0.1, 0.15) is 20.3 Å². The van der Waals surface area contributed by atoms with Gasteiger partial charge in [0.15, 0.2) is 0 Å². The molecule has 72 valence electrons. The van der Waals surface area contributed by atoms with Gasteiger partial charge in [-0.2, -0.15) is 0 Å². The molecule has 0 amide bonds. The van der Waals surface area contributed by atoms with Gasteiger partial charge < -0.3 is 4.74 Å². The molecule has 0 aliphatic carbocycles. The van der Waals surface area contributed by atoms with Gasteiger partial charge in [0.05, 0.1) is 6.61 Å². The molecular formula is C10H19BrO. The van der Waals surface area contributed by atoms with E-state index in [9.17, 15) is 0 Å². The largest absolute Gasteiger partial charge is 0.381 e. The third-order valence-corrected chi connectivity index (χ3v) is 2.44. The first-order chi connectivity index (χ1) is 5.70. The molecule has 0 heterocycles. The Balaban J connectivity index is 3.37. The van der Waals surface area contributed by atoms with Crippen LogP contribution >= 0.6 is 15.9 Å². The minimum absolute atomic E-state index is 0.584. The van der Waals surface area contributed by atoms with E-state index in [0.717, 1.165) is 25.0 Å². The van der Waals surface area contributed by atoms with Crippen LogP contribution in [0.2, 0.25) is 0 Å². The summed E-state index contributed by atoms with van der Waals surface area (Å²) in [6.07, 6.45) is 2.98. The standard InChI is InChI=1S/C10H19BrO/c1-4-5-10(6-11)8-12-7-9(2)3/h4,9-10H,1,5-8H2,2-3H3. The molecule has 0 aromatic rings. The second-order valence-electron chi connectivity index (χ2n) is 3.48. The van der Waals surface area contributed by atoms with Crippen molar-refractivity contribution in [3.63, 3.8) is 0 Å². The maximum Gasteiger partial charge on any atom is 0.0505 e. The summed E-state index contributed by atoms with van der Waals surface area (Å²) in [6, 6.07) is 0. The number of ether oxygens (including phenoxy) is 1. The van der Waals surface area contributed by atoms with Gasteiger partial charge in [0, 0.05) is 11.9 Å². The number of rotatable bonds is 7. The maximum absolute atomic E-state index is 5.52. The predicted molar refractivity (Wildman–Crippen MR) is 57.8 cm³/mol. The second-order valence-corrected chi connectivity index (χ2v) is 4.12. The normalized spacial score (nSPS) is 13.3. The summed E-state index contributed by atoms with van der Waals surface area (Å²) in [5, 5.41) is 0.997. The van der Waals surface area contributed by atoms with Crippen LogP contribution in [-0.4, -0.2) is 18.5 Å². The van der Waals surface area contributed by atoms with Crippen molar-refractivity contribution < 1.29 is 4.74 Å². The van der Waals surface area contributed by atoms with E-state index in [1.165, 1.54) is 0 Å². The molecule has 0 rings (SSSR count). The zero-order valence-corrected chi connectivity index (χ0v) is 9.64. The van der Waals surface area contributed by atoms with E-state index in [1.807, 2.05) is 6.08 Å². The van der Waals surface area contributed by atoms with Gasteiger partial charge in [-0.3, -0.25) is 0 Å². The maximum atomic E-state index is 5.52. The molecule has 0 saturated carbocycles. The van der Waals surface area contributed by atoms with Crippen molar-refractivity contribution in [1.82, 2.24) is 0 Å². The average molecular weight is 235 g/mol. The Labute approximate surface area is 84.3 Å². The molecule has 0 spiro atoms. The lowest BCUT2D eigenvalue weighted by atomic mass is 10.1. The van der Waals surface area contributed by atoms with Gasteiger partial charge in [-0.15, -0.1) is 6.58 Å². The first-order valence-electron chi connectivity index (χ1n) is 4.45. The van der Waals surface area contributed by atoms with E-state index in [4.69, 9.17) is 4.74 Å². The van der Waals surface area contributed by atoms with Crippen molar-refractivity contribution in [2.24, 2.45) is 11.8 Å². The second kappa shape index (κ2) is 7.81. The van der Waals surface area contributed by atoms with E-state index < -0.39 is 0 Å². The molecule has 0 fully saturated rings. The molecule has 0 aliphatic heterocycles. The molecule has 12 heavy (non-hydrogen) atoms. The van der Waals surface area contributed by atoms with Gasteiger partial charge in [0.2, 0.25) is 0 Å². The highest BCUT2D eigenvalue weighted by molar-refractivity contribution is 9.09. The molecule has 0 saturated heterocycles. The molecule has 0 bridgehead atoms. The van der Waals surface area contributed by atoms with Crippen LogP contribution in [-0.2, 0) is 4.74 Å². The molecule has 0 aliphatic rings. The highest BCUT2D eigenvalue weighted by atomic mass is 79.9. The van der Waals surface area contributed by atoms with E-state index in [-0.39, 0.29) is 0 Å². The number of hydrogen-bond acceptors (Lipinski definition) is 1. The van der Waals surface area contributed by atoms with E-state index >= 15 is 0 Å². The Kier molecular flexibility index (Phi) is 7.93. The average Bonchev–Trinajstić information content (AvgIpc) is 2.02. The summed E-state index contributed by atoms with van der Waals surface area (Å²) in [7, 11) is 0. The SMILES string of the molecule is C=CCC(CBr)COCC(C)C. The monoisotopic (exact) mass is 234 g/mol. The van der Waals surface area contributed by atoms with Crippen LogP contribution < -0.4 is 0 Å². The lowest BCUT2D eigenvalue weighted by molar-refractivity contribution is 0.0863. The number of halogens is 1. The van der Waals surface area contributed by atoms with Gasteiger partial charge in [-0.1, -0.05) is 35.9 Å². The van der Waals surface area contributed by atoms with E-state index in [0.29, 0.717) is 11.8 Å². The van der Waals surface area contributed by atoms with Gasteiger partial charge in [-0.25, -0.2) is 0 Å². The highest BCUT2D eigenvalue weighted by Crippen LogP contribution is 2.08. The topological polar surface area (TPSA) is 9.23 Å². The molecule has 2 heteroatoms. The molecule has 1 unspecified atom stereocenters. The predicted octanol–water partition coefficient (Wildman–Crippen LogP) is 3.25. The summed E-state index contributed by atoms with van der Waals surface area (Å²) >= 11 is 3.46. The lowest BCUT2D eigenvalue weighted by Crippen LogP contribution is -2.13. The van der Waals surface area contributed by atoms with Crippen molar-refractivity contribution in [2.45, 2.75) is 20.3 Å². The molecule has 0 aromatic carbocycles. The number of hydrogen-bond donors (Lipinski definition) is 0. The molecule has 1 atom stereocenters. The fraction of sp³-hybridized carbons (Fsp3) is 0.800. The highest BCUT2D eigenvalue weighted by Gasteiger charge is 2.05. The van der Waals surface area contributed by atoms with E-state index in [2.05, 4.69) is 36.4 Å². The van der Waals surface area contributed by atoms with Gasteiger partial charge in [0.25, 0.3) is 0 Å². The summed E-state index contributed by atoms with van der Waals surface area (Å²) in [5.74, 6) is 1.21. The van der Waals surface area contributed by atoms with Crippen LogP contribution in [0.3, 0.4) is 0 Å². The summed E-state index contributed by atoms with van der Waals surface area (Å²) in [6.45, 7) is 9.75. The molecule has 0 radical (unpaired) electrons. The van der Waals surface area contributed by atoms with Gasteiger partial charge in [-0.05, 0) is 18.3 Å². The minimum Gasteiger partial charge on any atom is -0.381 e. The smallest absolute Gasteiger partial charge is 0.0505 e. The molecule has 1 nitrogen and oxygen atoms in total. The van der Waals surface area contributed by atoms with Crippen LogP contribution in [0.4, 0.5) is 0 Å². The Morgan fingerprint density at radius 1 is 1.42 bits per heavy atom. The third-order valence-electron chi connectivity index (χ3n) is 1.52. The van der Waals surface area contributed by atoms with Crippen molar-refractivity contribution >= 4 is 15.9 Å². The van der Waals surface area contributed by atoms with Gasteiger partial charge >= 0.3 is 0 Å². The van der Waals surface area contributed by atoms with Crippen molar-refractivity contribution in [3.8, 4) is 0 Å². The summed E-state index contributed by atoms with van der Waals surface area (Å²) in [5.41, 5.74) is 0. The number of alkyl halides is 1.